The van der Waals surface area contributed by atoms with Gasteiger partial charge in [0.05, 0.1) is 5.69 Å². The zero-order valence-corrected chi connectivity index (χ0v) is 8.99. The third-order valence-corrected chi connectivity index (χ3v) is 2.19. The summed E-state index contributed by atoms with van der Waals surface area (Å²) in [5.41, 5.74) is 1.25. The van der Waals surface area contributed by atoms with Crippen LogP contribution in [0.4, 0.5) is 5.69 Å². The van der Waals surface area contributed by atoms with Crippen LogP contribution in [0.25, 0.3) is 0 Å². The Balaban J connectivity index is 2.25. The summed E-state index contributed by atoms with van der Waals surface area (Å²) in [5.74, 6) is -0.550. The Bertz CT molecular complexity index is 491. The Morgan fingerprint density at radius 1 is 1.56 bits per heavy atom. The molecule has 2 aromatic rings. The van der Waals surface area contributed by atoms with Crippen LogP contribution in [0.15, 0.2) is 12.3 Å². The van der Waals surface area contributed by atoms with E-state index in [9.17, 15) is 4.79 Å². The van der Waals surface area contributed by atoms with E-state index in [2.05, 4.69) is 30.9 Å². The number of amides is 1. The highest BCUT2D eigenvalue weighted by molar-refractivity contribution is 6.32. The maximum absolute atomic E-state index is 11.6. The fourth-order valence-electron chi connectivity index (χ4n) is 1.10. The van der Waals surface area contributed by atoms with Gasteiger partial charge in [0.1, 0.15) is 0 Å². The number of tetrazole rings is 1. The van der Waals surface area contributed by atoms with Crippen LogP contribution in [0.3, 0.4) is 0 Å². The van der Waals surface area contributed by atoms with Crippen LogP contribution in [0.2, 0.25) is 5.15 Å². The third-order valence-electron chi connectivity index (χ3n) is 1.90. The zero-order chi connectivity index (χ0) is 11.5. The van der Waals surface area contributed by atoms with Crippen molar-refractivity contribution in [2.75, 3.05) is 5.32 Å². The Kier molecular flexibility index (Phi) is 2.78. The molecule has 0 unspecified atom stereocenters. The molecule has 2 heterocycles. The molecule has 1 amide bonds. The molecule has 0 radical (unpaired) electrons. The number of carbonyl (C=O) groups excluding carboxylic acids is 1. The Morgan fingerprint density at radius 2 is 2.38 bits per heavy atom. The fraction of sp³-hybridized carbons (Fsp3) is 0.125. The van der Waals surface area contributed by atoms with Crippen molar-refractivity contribution >= 4 is 23.2 Å². The first-order valence-corrected chi connectivity index (χ1v) is 4.72. The van der Waals surface area contributed by atoms with Crippen molar-refractivity contribution < 1.29 is 4.79 Å². The number of halogens is 1. The number of pyridine rings is 1. The Morgan fingerprint density at radius 3 is 3.00 bits per heavy atom. The van der Waals surface area contributed by atoms with Crippen LogP contribution >= 0.6 is 11.6 Å². The number of nitrogens with zero attached hydrogens (tertiary/aromatic N) is 4. The highest BCUT2D eigenvalue weighted by Gasteiger charge is 2.14. The molecule has 0 aromatic carbocycles. The maximum atomic E-state index is 11.6. The van der Waals surface area contributed by atoms with Gasteiger partial charge < -0.3 is 5.32 Å². The average molecular weight is 239 g/mol. The van der Waals surface area contributed by atoms with Crippen molar-refractivity contribution in [2.24, 2.45) is 0 Å². The number of aryl methyl sites for hydroxylation is 1. The lowest BCUT2D eigenvalue weighted by Crippen LogP contribution is -2.15. The summed E-state index contributed by atoms with van der Waals surface area (Å²) in [5, 5.41) is 15.3. The first kappa shape index (κ1) is 10.5. The number of carbonyl (C=O) groups is 1. The van der Waals surface area contributed by atoms with E-state index in [-0.39, 0.29) is 11.0 Å². The maximum Gasteiger partial charge on any atom is 0.297 e. The minimum Gasteiger partial charge on any atom is -0.316 e. The lowest BCUT2D eigenvalue weighted by atomic mass is 10.2. The Hall–Kier alpha value is -2.02. The molecule has 0 aliphatic heterocycles. The number of hydrogen-bond acceptors (Lipinski definition) is 5. The summed E-state index contributed by atoms with van der Waals surface area (Å²) >= 11 is 5.84. The monoisotopic (exact) mass is 238 g/mol. The van der Waals surface area contributed by atoms with E-state index in [1.165, 1.54) is 0 Å². The molecule has 8 heteroatoms. The second-order valence-corrected chi connectivity index (χ2v) is 3.34. The third kappa shape index (κ3) is 1.98. The van der Waals surface area contributed by atoms with E-state index in [1.54, 1.807) is 19.2 Å². The van der Waals surface area contributed by atoms with Crippen molar-refractivity contribution in [2.45, 2.75) is 6.92 Å². The van der Waals surface area contributed by atoms with Gasteiger partial charge in [-0.05, 0) is 23.8 Å². The van der Waals surface area contributed by atoms with Crippen LogP contribution in [-0.2, 0) is 0 Å². The van der Waals surface area contributed by atoms with E-state index >= 15 is 0 Å². The summed E-state index contributed by atoms with van der Waals surface area (Å²) in [6, 6.07) is 1.73. The van der Waals surface area contributed by atoms with Crippen molar-refractivity contribution in [3.05, 3.63) is 28.8 Å². The van der Waals surface area contributed by atoms with Gasteiger partial charge in [0.25, 0.3) is 11.7 Å². The molecule has 0 saturated heterocycles. The fourth-order valence-corrected chi connectivity index (χ4v) is 1.36. The first-order valence-electron chi connectivity index (χ1n) is 4.34. The predicted molar refractivity (Wildman–Crippen MR) is 56.1 cm³/mol. The SMILES string of the molecule is Cc1ccnc(Cl)c1NC(=O)c1nn[nH]n1. The molecule has 16 heavy (non-hydrogen) atoms. The molecule has 0 bridgehead atoms. The molecule has 82 valence electrons. The number of H-pyrrole nitrogens is 1. The van der Waals surface area contributed by atoms with E-state index in [1.807, 2.05) is 0 Å². The number of aromatic nitrogens is 5. The number of rotatable bonds is 2. The molecule has 0 spiro atoms. The van der Waals surface area contributed by atoms with Crippen molar-refractivity contribution in [3.63, 3.8) is 0 Å². The van der Waals surface area contributed by atoms with Gasteiger partial charge in [-0.1, -0.05) is 11.6 Å². The molecule has 0 aliphatic carbocycles. The molecular formula is C8H7ClN6O. The van der Waals surface area contributed by atoms with Crippen molar-refractivity contribution in [1.29, 1.82) is 0 Å². The standard InChI is InChI=1S/C8H7ClN6O/c1-4-2-3-10-6(9)5(4)11-8(16)7-12-14-15-13-7/h2-3H,1H3,(H,11,16)(H,12,13,14,15). The van der Waals surface area contributed by atoms with Gasteiger partial charge >= 0.3 is 0 Å². The van der Waals surface area contributed by atoms with E-state index in [0.29, 0.717) is 5.69 Å². The van der Waals surface area contributed by atoms with Gasteiger partial charge in [0.15, 0.2) is 5.15 Å². The largest absolute Gasteiger partial charge is 0.316 e. The number of aromatic amines is 1. The molecule has 2 N–H and O–H groups in total. The molecule has 0 fully saturated rings. The number of nitrogens with one attached hydrogen (secondary N) is 2. The average Bonchev–Trinajstić information content (AvgIpc) is 2.76. The van der Waals surface area contributed by atoms with Gasteiger partial charge in [-0.25, -0.2) is 4.98 Å². The van der Waals surface area contributed by atoms with Gasteiger partial charge in [-0.2, -0.15) is 5.21 Å². The summed E-state index contributed by atoms with van der Waals surface area (Å²) in [6.07, 6.45) is 1.56. The summed E-state index contributed by atoms with van der Waals surface area (Å²) in [7, 11) is 0. The van der Waals surface area contributed by atoms with E-state index in [4.69, 9.17) is 11.6 Å². The highest BCUT2D eigenvalue weighted by atomic mass is 35.5. The molecule has 0 aliphatic rings. The minimum absolute atomic E-state index is 0.0562. The van der Waals surface area contributed by atoms with Crippen LogP contribution in [0, 0.1) is 6.92 Å². The molecule has 2 aromatic heterocycles. The molecule has 0 saturated carbocycles. The summed E-state index contributed by atoms with van der Waals surface area (Å²) in [6.45, 7) is 1.80. The van der Waals surface area contributed by atoms with Crippen LogP contribution in [-0.4, -0.2) is 31.5 Å². The molecule has 2 rings (SSSR count). The Labute approximate surface area is 95.2 Å². The summed E-state index contributed by atoms with van der Waals surface area (Å²) < 4.78 is 0. The normalized spacial score (nSPS) is 10.1. The van der Waals surface area contributed by atoms with E-state index in [0.717, 1.165) is 5.56 Å². The smallest absolute Gasteiger partial charge is 0.297 e. The van der Waals surface area contributed by atoms with Gasteiger partial charge in [-0.3, -0.25) is 4.79 Å². The van der Waals surface area contributed by atoms with Crippen molar-refractivity contribution in [3.8, 4) is 0 Å². The number of anilines is 1. The second kappa shape index (κ2) is 4.23. The lowest BCUT2D eigenvalue weighted by Gasteiger charge is -2.06. The van der Waals surface area contributed by atoms with Crippen LogP contribution < -0.4 is 5.32 Å². The van der Waals surface area contributed by atoms with Gasteiger partial charge in [0, 0.05) is 6.20 Å². The minimum atomic E-state index is -0.494. The molecule has 0 atom stereocenters. The first-order chi connectivity index (χ1) is 7.68. The second-order valence-electron chi connectivity index (χ2n) is 2.98. The van der Waals surface area contributed by atoms with E-state index < -0.39 is 5.91 Å². The zero-order valence-electron chi connectivity index (χ0n) is 8.23. The van der Waals surface area contributed by atoms with Crippen molar-refractivity contribution in [1.82, 2.24) is 25.6 Å². The number of hydrogen-bond donors (Lipinski definition) is 2. The molecular weight excluding hydrogens is 232 g/mol. The lowest BCUT2D eigenvalue weighted by molar-refractivity contribution is 0.101. The topological polar surface area (TPSA) is 96.5 Å². The summed E-state index contributed by atoms with van der Waals surface area (Å²) in [4.78, 5) is 15.5. The van der Waals surface area contributed by atoms with Crippen LogP contribution in [0.1, 0.15) is 16.2 Å². The van der Waals surface area contributed by atoms with Gasteiger partial charge in [-0.15, -0.1) is 10.2 Å². The van der Waals surface area contributed by atoms with Crippen LogP contribution in [0.5, 0.6) is 0 Å². The van der Waals surface area contributed by atoms with Gasteiger partial charge in [0.2, 0.25) is 0 Å². The highest BCUT2D eigenvalue weighted by Crippen LogP contribution is 2.22. The predicted octanol–water partition coefficient (Wildman–Crippen LogP) is 0.809. The quantitative estimate of drug-likeness (QED) is 0.755. The molecule has 7 nitrogen and oxygen atoms in total.